The molecule has 1 N–H and O–H groups in total. The molecule has 0 radical (unpaired) electrons. The molecular formula is C23H27F3N4O7. The second-order valence-electron chi connectivity index (χ2n) is 8.28. The highest BCUT2D eigenvalue weighted by Crippen LogP contribution is 2.26. The lowest BCUT2D eigenvalue weighted by Gasteiger charge is -2.22. The molecule has 2 aromatic heterocycles. The van der Waals surface area contributed by atoms with Crippen LogP contribution in [0, 0.1) is 0 Å². The van der Waals surface area contributed by atoms with Crippen LogP contribution in [0.4, 0.5) is 13.2 Å². The molecule has 202 valence electrons. The van der Waals surface area contributed by atoms with Gasteiger partial charge in [-0.1, -0.05) is 6.07 Å². The van der Waals surface area contributed by atoms with E-state index in [1.165, 1.54) is 23.7 Å². The normalized spacial score (nSPS) is 16.2. The van der Waals surface area contributed by atoms with Crippen molar-refractivity contribution in [2.45, 2.75) is 44.9 Å². The van der Waals surface area contributed by atoms with Crippen molar-refractivity contribution in [2.75, 3.05) is 26.4 Å². The molecule has 0 amide bonds. The van der Waals surface area contributed by atoms with Gasteiger partial charge in [-0.05, 0) is 37.8 Å². The summed E-state index contributed by atoms with van der Waals surface area (Å²) < 4.78 is 65.3. The molecule has 37 heavy (non-hydrogen) atoms. The molecule has 0 saturated carbocycles. The molecule has 1 unspecified atom stereocenters. The number of rotatable bonds is 11. The lowest BCUT2D eigenvalue weighted by Crippen LogP contribution is -2.39. The van der Waals surface area contributed by atoms with Gasteiger partial charge in [0.25, 0.3) is 11.6 Å². The summed E-state index contributed by atoms with van der Waals surface area (Å²) in [6.07, 6.45) is -1.72. The van der Waals surface area contributed by atoms with Crippen LogP contribution in [0.1, 0.15) is 25.7 Å². The summed E-state index contributed by atoms with van der Waals surface area (Å²) in [7, 11) is 1.50. The molecule has 1 aromatic carbocycles. The van der Waals surface area contributed by atoms with Gasteiger partial charge in [-0.3, -0.25) is 13.9 Å². The maximum absolute atomic E-state index is 12.9. The minimum Gasteiger partial charge on any atom is -0.490 e. The highest BCUT2D eigenvalue weighted by Gasteiger charge is 2.31. The number of halogens is 3. The van der Waals surface area contributed by atoms with E-state index in [1.54, 1.807) is 0 Å². The first kappa shape index (κ1) is 26.5. The van der Waals surface area contributed by atoms with Crippen LogP contribution in [0.3, 0.4) is 0 Å². The minimum absolute atomic E-state index is 0.00427. The molecule has 3 aromatic rings. The Labute approximate surface area is 208 Å². The van der Waals surface area contributed by atoms with E-state index in [0.29, 0.717) is 19.6 Å². The van der Waals surface area contributed by atoms with Crippen LogP contribution in [0.15, 0.2) is 33.9 Å². The van der Waals surface area contributed by atoms with Crippen molar-refractivity contribution in [1.82, 2.24) is 19.1 Å². The van der Waals surface area contributed by atoms with Crippen LogP contribution in [0.25, 0.3) is 11.2 Å². The summed E-state index contributed by atoms with van der Waals surface area (Å²) >= 11 is 0. The largest absolute Gasteiger partial charge is 0.573 e. The Morgan fingerprint density at radius 3 is 2.68 bits per heavy atom. The number of alkyl halides is 3. The maximum Gasteiger partial charge on any atom is 0.573 e. The zero-order valence-corrected chi connectivity index (χ0v) is 20.1. The maximum atomic E-state index is 12.9. The Morgan fingerprint density at radius 1 is 1.14 bits per heavy atom. The molecule has 3 heterocycles. The Balaban J connectivity index is 1.33. The number of hydrogen-bond acceptors (Lipinski definition) is 8. The average molecular weight is 528 g/mol. The molecule has 1 aliphatic rings. The van der Waals surface area contributed by atoms with Crippen LogP contribution >= 0.6 is 0 Å². The second kappa shape index (κ2) is 11.7. The van der Waals surface area contributed by atoms with Gasteiger partial charge in [0.1, 0.15) is 24.7 Å². The molecule has 4 rings (SSSR count). The van der Waals surface area contributed by atoms with Gasteiger partial charge in [-0.2, -0.15) is 4.98 Å². The van der Waals surface area contributed by atoms with Gasteiger partial charge in [0, 0.05) is 26.3 Å². The quantitative estimate of drug-likeness (QED) is 0.378. The summed E-state index contributed by atoms with van der Waals surface area (Å²) in [4.78, 5) is 32.5. The van der Waals surface area contributed by atoms with E-state index >= 15 is 0 Å². The van der Waals surface area contributed by atoms with Crippen molar-refractivity contribution < 1.29 is 36.9 Å². The number of hydrogen-bond donors (Lipinski definition) is 1. The summed E-state index contributed by atoms with van der Waals surface area (Å²) in [5.41, 5.74) is -0.821. The number of H-pyrrole nitrogens is 1. The van der Waals surface area contributed by atoms with Crippen molar-refractivity contribution in [3.63, 3.8) is 0 Å². The van der Waals surface area contributed by atoms with Gasteiger partial charge >= 0.3 is 12.1 Å². The third-order valence-electron chi connectivity index (χ3n) is 5.56. The first-order valence-corrected chi connectivity index (χ1v) is 11.8. The number of ether oxygens (including phenoxy) is 5. The molecule has 11 nitrogen and oxygen atoms in total. The van der Waals surface area contributed by atoms with Crippen LogP contribution in [-0.4, -0.2) is 58.2 Å². The third-order valence-corrected chi connectivity index (χ3v) is 5.56. The summed E-state index contributed by atoms with van der Waals surface area (Å²) in [5.74, 6) is -0.256. The van der Waals surface area contributed by atoms with Crippen molar-refractivity contribution in [2.24, 2.45) is 7.05 Å². The second-order valence-corrected chi connectivity index (χ2v) is 8.28. The van der Waals surface area contributed by atoms with E-state index in [4.69, 9.17) is 18.9 Å². The fraction of sp³-hybridized carbons (Fsp3) is 0.522. The molecule has 0 spiro atoms. The zero-order chi connectivity index (χ0) is 26.4. The number of nitrogens with zero attached hydrogens (tertiary/aromatic N) is 3. The van der Waals surface area contributed by atoms with Crippen LogP contribution in [0.5, 0.6) is 17.5 Å². The van der Waals surface area contributed by atoms with Gasteiger partial charge in [0.05, 0.1) is 6.61 Å². The Hall–Kier alpha value is -3.52. The van der Waals surface area contributed by atoms with Crippen molar-refractivity contribution in [1.29, 1.82) is 0 Å². The molecular weight excluding hydrogens is 501 g/mol. The molecule has 0 aliphatic carbocycles. The predicted octanol–water partition coefficient (Wildman–Crippen LogP) is 2.71. The van der Waals surface area contributed by atoms with E-state index in [0.717, 1.165) is 36.0 Å². The topological polar surface area (TPSA) is 119 Å². The Morgan fingerprint density at radius 2 is 1.92 bits per heavy atom. The molecule has 1 aliphatic heterocycles. The first-order valence-electron chi connectivity index (χ1n) is 11.8. The molecule has 0 bridgehead atoms. The van der Waals surface area contributed by atoms with Gasteiger partial charge in [-0.25, -0.2) is 4.79 Å². The summed E-state index contributed by atoms with van der Waals surface area (Å²) in [5, 5.41) is 0. The zero-order valence-electron chi connectivity index (χ0n) is 20.1. The standard InChI is InChI=1S/C23H27F3N4O7/c1-29-19-18(20(31)30(22(29)32)9-5-11-35-17-8-2-3-10-34-17)27-21(28-19)36-13-12-33-15-6-4-7-16(14-15)37-23(24,25)26/h4,6-7,14,17H,2-3,5,8-13H2,1H3,(H,27,28). The highest BCUT2D eigenvalue weighted by atomic mass is 19.4. The van der Waals surface area contributed by atoms with Crippen molar-refractivity contribution >= 4 is 11.2 Å². The van der Waals surface area contributed by atoms with Crippen molar-refractivity contribution in [3.05, 3.63) is 45.1 Å². The van der Waals surface area contributed by atoms with Crippen LogP contribution in [0.2, 0.25) is 0 Å². The van der Waals surface area contributed by atoms with E-state index in [-0.39, 0.29) is 49.0 Å². The fourth-order valence-electron chi connectivity index (χ4n) is 3.83. The number of aryl methyl sites for hydroxylation is 1. The molecule has 1 saturated heterocycles. The number of benzene rings is 1. The fourth-order valence-corrected chi connectivity index (χ4v) is 3.83. The van der Waals surface area contributed by atoms with Crippen LogP contribution < -0.4 is 25.5 Å². The van der Waals surface area contributed by atoms with Gasteiger partial charge < -0.3 is 28.7 Å². The van der Waals surface area contributed by atoms with Gasteiger partial charge in [-0.15, -0.1) is 13.2 Å². The van der Waals surface area contributed by atoms with Gasteiger partial charge in [0.2, 0.25) is 0 Å². The average Bonchev–Trinajstić information content (AvgIpc) is 3.29. The van der Waals surface area contributed by atoms with E-state index < -0.39 is 23.4 Å². The SMILES string of the molecule is Cn1c(=O)n(CCCOC2CCCCO2)c(=O)c2[nH]c(OCCOc3cccc(OC(F)(F)F)c3)nc21. The van der Waals surface area contributed by atoms with Crippen molar-refractivity contribution in [3.8, 4) is 17.5 Å². The lowest BCUT2D eigenvalue weighted by molar-refractivity contribution is -0.274. The van der Waals surface area contributed by atoms with E-state index in [1.807, 2.05) is 0 Å². The third kappa shape index (κ3) is 7.04. The molecule has 1 fully saturated rings. The van der Waals surface area contributed by atoms with Gasteiger partial charge in [0.15, 0.2) is 17.5 Å². The lowest BCUT2D eigenvalue weighted by atomic mass is 10.2. The number of nitrogens with one attached hydrogen (secondary N) is 1. The minimum atomic E-state index is -4.81. The monoisotopic (exact) mass is 528 g/mol. The number of imidazole rings is 1. The van der Waals surface area contributed by atoms with E-state index in [9.17, 15) is 22.8 Å². The molecule has 1 atom stereocenters. The number of aromatic nitrogens is 4. The Bertz CT molecular complexity index is 1310. The van der Waals surface area contributed by atoms with E-state index in [2.05, 4.69) is 14.7 Å². The summed E-state index contributed by atoms with van der Waals surface area (Å²) in [6, 6.07) is 5.07. The molecule has 14 heteroatoms. The Kier molecular flexibility index (Phi) is 8.38. The highest BCUT2D eigenvalue weighted by molar-refractivity contribution is 5.70. The smallest absolute Gasteiger partial charge is 0.490 e. The van der Waals surface area contributed by atoms with Crippen LogP contribution in [-0.2, 0) is 23.1 Å². The summed E-state index contributed by atoms with van der Waals surface area (Å²) in [6.45, 7) is 1.12. The predicted molar refractivity (Wildman–Crippen MR) is 124 cm³/mol. The first-order chi connectivity index (χ1) is 17.7. The number of aromatic amines is 1. The number of fused-ring (bicyclic) bond motifs is 1.